The van der Waals surface area contributed by atoms with Gasteiger partial charge in [0.1, 0.15) is 67.1 Å². The van der Waals surface area contributed by atoms with Gasteiger partial charge in [-0.15, -0.1) is 0 Å². The van der Waals surface area contributed by atoms with E-state index in [0.29, 0.717) is 19.3 Å². The Labute approximate surface area is 544 Å². The van der Waals surface area contributed by atoms with Crippen LogP contribution in [0, 0.1) is 0 Å². The number of hydrogen-bond acceptors (Lipinski definition) is 20. The van der Waals surface area contributed by atoms with Crippen LogP contribution in [0.15, 0.2) is 0 Å². The molecular weight excluding hydrogens is 1180 g/mol. The Bertz CT molecular complexity index is 1850. The summed E-state index contributed by atoms with van der Waals surface area (Å²) < 4.78 is 34.9. The van der Waals surface area contributed by atoms with Crippen molar-refractivity contribution in [3.8, 4) is 0 Å². The molecule has 23 nitrogen and oxygen atoms in total. The molecule has 0 aromatic heterocycles. The highest BCUT2D eigenvalue weighted by Crippen LogP contribution is 2.39. The molecule has 3 aliphatic rings. The van der Waals surface area contributed by atoms with Gasteiger partial charge in [0, 0.05) is 19.8 Å². The van der Waals surface area contributed by atoms with Crippen molar-refractivity contribution in [3.63, 3.8) is 0 Å². The number of aliphatic hydroxyl groups excluding tert-OH is 11. The zero-order valence-electron chi connectivity index (χ0n) is 56.0. The van der Waals surface area contributed by atoms with E-state index in [2.05, 4.69) is 24.5 Å². The number of rotatable bonds is 55. The van der Waals surface area contributed by atoms with Gasteiger partial charge in [0.25, 0.3) is 5.79 Å². The molecule has 3 heterocycles. The van der Waals surface area contributed by atoms with Crippen LogP contribution in [-0.4, -0.2) is 215 Å². The Kier molecular flexibility index (Phi) is 44.9. The van der Waals surface area contributed by atoms with E-state index in [0.717, 1.165) is 58.3 Å². The summed E-state index contributed by atoms with van der Waals surface area (Å²) in [5.41, 5.74) is 0. The summed E-state index contributed by atoms with van der Waals surface area (Å²) in [5.74, 6) is -6.09. The molecule has 18 atom stereocenters. The quantitative estimate of drug-likeness (QED) is 0.0275. The number of nitrogens with one attached hydrogen (secondary N) is 2. The van der Waals surface area contributed by atoms with Crippen molar-refractivity contribution in [3.05, 3.63) is 0 Å². The van der Waals surface area contributed by atoms with E-state index < -0.39 is 148 Å². The molecule has 23 heteroatoms. The summed E-state index contributed by atoms with van der Waals surface area (Å²) in [6.07, 6.45) is 16.8. The van der Waals surface area contributed by atoms with E-state index in [9.17, 15) is 75.7 Å². The fourth-order valence-electron chi connectivity index (χ4n) is 12.8. The lowest BCUT2D eigenvalue weighted by Gasteiger charge is -2.50. The maximum Gasteiger partial charge on any atom is 0.364 e. The van der Waals surface area contributed by atoms with Gasteiger partial charge in [-0.1, -0.05) is 245 Å². The van der Waals surface area contributed by atoms with Crippen molar-refractivity contribution in [2.24, 2.45) is 0 Å². The smallest absolute Gasteiger partial charge is 0.364 e. The van der Waals surface area contributed by atoms with E-state index in [1.165, 1.54) is 173 Å². The first-order chi connectivity index (χ1) is 43.9. The molecule has 0 aromatic rings. The van der Waals surface area contributed by atoms with E-state index in [1.807, 2.05) is 0 Å². The van der Waals surface area contributed by atoms with Crippen molar-refractivity contribution >= 4 is 17.8 Å². The molecule has 18 unspecified atom stereocenters. The number of aliphatic hydroxyl groups is 11. The van der Waals surface area contributed by atoms with Crippen molar-refractivity contribution in [1.29, 1.82) is 0 Å². The molecule has 3 rings (SSSR count). The number of carboxylic acids is 1. The number of ether oxygens (including phenoxy) is 6. The predicted octanol–water partition coefficient (Wildman–Crippen LogP) is 6.90. The largest absolute Gasteiger partial charge is 0.477 e. The standard InChI is InChI=1S/C68H128N2O21/c1-4-6-8-10-12-14-16-18-20-21-22-23-24-25-26-27-28-29-31-33-35-37-39-41-50(75)49(70-55(78)42-40-38-36-34-32-30-19-17-15-13-11-9-7-5-2)47-86-65-60(82)59(81)62(54(46-73)88-65)89-66-61(83)64(58(80)53(45-72)87-66)91-68(67(84)85)43-51(76)56(69-48(3)74)63(90-68)57(79)52(77)44-71/h49-54,56-66,71-73,75-77,79-83H,4-47H2,1-3H3,(H,69,74)(H,70,78)(H,84,85). The summed E-state index contributed by atoms with van der Waals surface area (Å²) in [6, 6.07) is -2.52. The van der Waals surface area contributed by atoms with Gasteiger partial charge in [-0.05, 0) is 12.8 Å². The zero-order chi connectivity index (χ0) is 66.8. The fraction of sp³-hybridized carbons (Fsp3) is 0.956. The molecule has 3 aliphatic heterocycles. The minimum absolute atomic E-state index is 0.229. The molecule has 0 bridgehead atoms. The van der Waals surface area contributed by atoms with Crippen molar-refractivity contribution in [2.75, 3.05) is 26.4 Å². The van der Waals surface area contributed by atoms with Gasteiger partial charge in [-0.2, -0.15) is 0 Å². The van der Waals surface area contributed by atoms with Gasteiger partial charge in [0.15, 0.2) is 12.6 Å². The monoisotopic (exact) mass is 1310 g/mol. The fourth-order valence-corrected chi connectivity index (χ4v) is 12.8. The molecule has 0 spiro atoms. The maximum absolute atomic E-state index is 13.5. The molecule has 3 saturated heterocycles. The average Bonchev–Trinajstić information content (AvgIpc) is 0.769. The van der Waals surface area contributed by atoms with E-state index in [1.54, 1.807) is 0 Å². The van der Waals surface area contributed by atoms with Gasteiger partial charge in [-0.3, -0.25) is 9.59 Å². The van der Waals surface area contributed by atoms with Crippen LogP contribution in [0.3, 0.4) is 0 Å². The number of unbranched alkanes of at least 4 members (excludes halogenated alkanes) is 35. The molecule has 3 fully saturated rings. The molecule has 14 N–H and O–H groups in total. The van der Waals surface area contributed by atoms with E-state index in [-0.39, 0.29) is 18.9 Å². The zero-order valence-corrected chi connectivity index (χ0v) is 56.0. The first kappa shape index (κ1) is 83.0. The predicted molar refractivity (Wildman–Crippen MR) is 343 cm³/mol. The second-order valence-corrected chi connectivity index (χ2v) is 26.5. The van der Waals surface area contributed by atoms with Crippen LogP contribution in [0.1, 0.15) is 278 Å². The normalized spacial score (nSPS) is 28.4. The van der Waals surface area contributed by atoms with Gasteiger partial charge in [0.05, 0.1) is 50.7 Å². The van der Waals surface area contributed by atoms with Crippen LogP contribution in [0.5, 0.6) is 0 Å². The molecular formula is C68H128N2O21. The third kappa shape index (κ3) is 31.7. The lowest BCUT2D eigenvalue weighted by molar-refractivity contribution is -0.386. The lowest BCUT2D eigenvalue weighted by Crippen LogP contribution is -2.70. The Balaban J connectivity index is 1.56. The van der Waals surface area contributed by atoms with Crippen molar-refractivity contribution < 1.29 is 104 Å². The number of amides is 2. The summed E-state index contributed by atoms with van der Waals surface area (Å²) in [4.78, 5) is 38.5. The highest BCUT2D eigenvalue weighted by Gasteiger charge is 2.60. The minimum Gasteiger partial charge on any atom is -0.477 e. The van der Waals surface area contributed by atoms with Gasteiger partial charge < -0.3 is 100 Å². The average molecular weight is 1310 g/mol. The Morgan fingerprint density at radius 2 is 0.956 bits per heavy atom. The summed E-state index contributed by atoms with van der Waals surface area (Å²) >= 11 is 0. The van der Waals surface area contributed by atoms with Crippen LogP contribution in [0.4, 0.5) is 0 Å². The first-order valence-electron chi connectivity index (χ1n) is 35.9. The van der Waals surface area contributed by atoms with Crippen LogP contribution >= 0.6 is 0 Å². The second kappa shape index (κ2) is 49.3. The summed E-state index contributed by atoms with van der Waals surface area (Å²) in [5, 5.41) is 136. The summed E-state index contributed by atoms with van der Waals surface area (Å²) in [7, 11) is 0. The van der Waals surface area contributed by atoms with E-state index >= 15 is 0 Å². The van der Waals surface area contributed by atoms with Gasteiger partial charge in [0.2, 0.25) is 11.8 Å². The molecule has 536 valence electrons. The van der Waals surface area contributed by atoms with E-state index in [4.69, 9.17) is 28.4 Å². The highest BCUT2D eigenvalue weighted by atomic mass is 16.8. The van der Waals surface area contributed by atoms with Gasteiger partial charge >= 0.3 is 5.97 Å². The topological polar surface area (TPSA) is 373 Å². The highest BCUT2D eigenvalue weighted by molar-refractivity contribution is 5.77. The van der Waals surface area contributed by atoms with Crippen molar-refractivity contribution in [2.45, 2.75) is 387 Å². The Morgan fingerprint density at radius 1 is 0.527 bits per heavy atom. The number of hydrogen-bond donors (Lipinski definition) is 14. The third-order valence-electron chi connectivity index (χ3n) is 18.6. The number of carbonyl (C=O) groups excluding carboxylic acids is 2. The molecule has 91 heavy (non-hydrogen) atoms. The maximum atomic E-state index is 13.5. The Morgan fingerprint density at radius 3 is 1.37 bits per heavy atom. The van der Waals surface area contributed by atoms with Crippen LogP contribution < -0.4 is 10.6 Å². The van der Waals surface area contributed by atoms with Crippen LogP contribution in [0.25, 0.3) is 0 Å². The van der Waals surface area contributed by atoms with Gasteiger partial charge in [-0.25, -0.2) is 4.79 Å². The first-order valence-corrected chi connectivity index (χ1v) is 35.9. The minimum atomic E-state index is -3.08. The van der Waals surface area contributed by atoms with Crippen LogP contribution in [0.2, 0.25) is 0 Å². The molecule has 2 amide bonds. The number of carboxylic acid groups (broad SMARTS) is 1. The number of aliphatic carboxylic acids is 1. The molecule has 0 aliphatic carbocycles. The summed E-state index contributed by atoms with van der Waals surface area (Å²) in [6.45, 7) is 2.23. The van der Waals surface area contributed by atoms with Crippen molar-refractivity contribution in [1.82, 2.24) is 10.6 Å². The second-order valence-electron chi connectivity index (χ2n) is 26.5. The third-order valence-corrected chi connectivity index (χ3v) is 18.6. The number of carbonyl (C=O) groups is 3. The molecule has 0 aromatic carbocycles. The SMILES string of the molecule is CCCCCCCCCCCCCCCCCCCCCCCCCC(O)C(COC1OC(CO)C(OC2OC(CO)C(O)C(OC3(C(=O)O)CC(O)C(NC(C)=O)C(C(O)C(O)CO)O3)C2O)C(O)C1O)NC(=O)CCCCCCCCCCCCCCCC. The lowest BCUT2D eigenvalue weighted by atomic mass is 9.88. The molecule has 0 radical (unpaired) electrons. The Hall–Kier alpha value is -2.27. The molecule has 0 saturated carbocycles. The van der Waals surface area contributed by atoms with Crippen LogP contribution in [-0.2, 0) is 42.8 Å².